The van der Waals surface area contributed by atoms with Gasteiger partial charge in [-0.3, -0.25) is 14.9 Å². The number of nitro groups is 1. The zero-order valence-electron chi connectivity index (χ0n) is 10.8. The first kappa shape index (κ1) is 14.9. The van der Waals surface area contributed by atoms with Crippen LogP contribution >= 0.6 is 0 Å². The summed E-state index contributed by atoms with van der Waals surface area (Å²) in [6.07, 6.45) is 0. The maximum absolute atomic E-state index is 11.6. The molecule has 1 N–H and O–H groups in total. The minimum Gasteiger partial charge on any atom is -0.483 e. The Kier molecular flexibility index (Phi) is 5.25. The Hall–Kier alpha value is -2.15. The van der Waals surface area contributed by atoms with E-state index < -0.39 is 11.5 Å². The van der Waals surface area contributed by atoms with Gasteiger partial charge in [0.25, 0.3) is 11.6 Å². The van der Waals surface area contributed by atoms with Crippen molar-refractivity contribution < 1.29 is 19.6 Å². The van der Waals surface area contributed by atoms with E-state index in [4.69, 9.17) is 9.84 Å². The summed E-state index contributed by atoms with van der Waals surface area (Å²) < 4.78 is 5.27. The van der Waals surface area contributed by atoms with Gasteiger partial charge in [0.1, 0.15) is 5.75 Å². The molecule has 0 aromatic heterocycles. The molecule has 0 fully saturated rings. The van der Waals surface area contributed by atoms with Gasteiger partial charge in [-0.2, -0.15) is 0 Å². The number of carbonyl (C=O) groups excluding carboxylic acids is 1. The van der Waals surface area contributed by atoms with E-state index in [0.717, 1.165) is 0 Å². The van der Waals surface area contributed by atoms with Gasteiger partial charge < -0.3 is 14.7 Å². The van der Waals surface area contributed by atoms with Gasteiger partial charge in [-0.25, -0.2) is 0 Å². The van der Waals surface area contributed by atoms with Gasteiger partial charge in [0.15, 0.2) is 6.61 Å². The lowest BCUT2D eigenvalue weighted by Crippen LogP contribution is -2.31. The van der Waals surface area contributed by atoms with E-state index in [1.807, 2.05) is 6.92 Å². The summed E-state index contributed by atoms with van der Waals surface area (Å²) in [7, 11) is 1.65. The van der Waals surface area contributed by atoms with Gasteiger partial charge >= 0.3 is 0 Å². The van der Waals surface area contributed by atoms with Crippen molar-refractivity contribution in [1.82, 2.24) is 4.90 Å². The van der Waals surface area contributed by atoms with Crippen LogP contribution in [-0.2, 0) is 11.4 Å². The molecule has 0 bridgehead atoms. The highest BCUT2D eigenvalue weighted by atomic mass is 16.6. The van der Waals surface area contributed by atoms with Crippen LogP contribution < -0.4 is 4.74 Å². The highest BCUT2D eigenvalue weighted by molar-refractivity contribution is 5.77. The lowest BCUT2D eigenvalue weighted by molar-refractivity contribution is -0.385. The van der Waals surface area contributed by atoms with Crippen molar-refractivity contribution in [2.24, 2.45) is 0 Å². The number of aliphatic hydroxyl groups excluding tert-OH is 1. The smallest absolute Gasteiger partial charge is 0.270 e. The number of likely N-dealkylation sites (N-methyl/N-ethyl adjacent to an activating group) is 1. The molecule has 7 heteroatoms. The van der Waals surface area contributed by atoms with Crippen LogP contribution in [-0.4, -0.2) is 41.0 Å². The Labute approximate surface area is 110 Å². The maximum Gasteiger partial charge on any atom is 0.270 e. The molecule has 0 radical (unpaired) electrons. The van der Waals surface area contributed by atoms with E-state index in [0.29, 0.717) is 6.54 Å². The molecule has 0 atom stereocenters. The number of aliphatic hydroxyl groups is 1. The Balaban J connectivity index is 2.78. The SMILES string of the molecule is CCN(C)C(=O)COc1ccc([N+](=O)[O-])cc1CO. The Morgan fingerprint density at radius 3 is 2.74 bits per heavy atom. The molecular formula is C12H16N2O5. The number of hydrogen-bond acceptors (Lipinski definition) is 5. The lowest BCUT2D eigenvalue weighted by atomic mass is 10.2. The van der Waals surface area contributed by atoms with Crippen LogP contribution in [0, 0.1) is 10.1 Å². The van der Waals surface area contributed by atoms with Crippen LogP contribution in [0.5, 0.6) is 5.75 Å². The topological polar surface area (TPSA) is 92.9 Å². The van der Waals surface area contributed by atoms with Crippen molar-refractivity contribution in [3.63, 3.8) is 0 Å². The molecule has 104 valence electrons. The second kappa shape index (κ2) is 6.69. The first-order chi connectivity index (χ1) is 8.99. The number of ether oxygens (including phenoxy) is 1. The number of benzene rings is 1. The van der Waals surface area contributed by atoms with Crippen molar-refractivity contribution in [3.8, 4) is 5.75 Å². The number of carbonyl (C=O) groups is 1. The lowest BCUT2D eigenvalue weighted by Gasteiger charge is -2.15. The summed E-state index contributed by atoms with van der Waals surface area (Å²) in [6.45, 7) is 1.84. The van der Waals surface area contributed by atoms with Gasteiger partial charge in [0, 0.05) is 31.3 Å². The number of nitrogens with zero attached hydrogens (tertiary/aromatic N) is 2. The van der Waals surface area contributed by atoms with Crippen LogP contribution in [0.4, 0.5) is 5.69 Å². The molecule has 1 aromatic carbocycles. The minimum atomic E-state index is -0.557. The van der Waals surface area contributed by atoms with Crippen molar-refractivity contribution in [3.05, 3.63) is 33.9 Å². The summed E-state index contributed by atoms with van der Waals surface area (Å²) >= 11 is 0. The molecule has 0 heterocycles. The normalized spacial score (nSPS) is 10.1. The highest BCUT2D eigenvalue weighted by Crippen LogP contribution is 2.24. The van der Waals surface area contributed by atoms with Gasteiger partial charge in [0.2, 0.25) is 0 Å². The Morgan fingerprint density at radius 1 is 1.53 bits per heavy atom. The monoisotopic (exact) mass is 268 g/mol. The van der Waals surface area contributed by atoms with Crippen LogP contribution in [0.25, 0.3) is 0 Å². The van der Waals surface area contributed by atoms with Crippen molar-refractivity contribution in [2.45, 2.75) is 13.5 Å². The standard InChI is InChI=1S/C12H16N2O5/c1-3-13(2)12(16)8-19-11-5-4-10(14(17)18)6-9(11)7-15/h4-6,15H,3,7-8H2,1-2H3. The molecule has 0 saturated carbocycles. The number of non-ortho nitro benzene ring substituents is 1. The molecule has 0 aliphatic rings. The number of nitro benzene ring substituents is 1. The summed E-state index contributed by atoms with van der Waals surface area (Å²) in [6, 6.07) is 3.87. The first-order valence-corrected chi connectivity index (χ1v) is 5.74. The minimum absolute atomic E-state index is 0.131. The molecular weight excluding hydrogens is 252 g/mol. The fraction of sp³-hybridized carbons (Fsp3) is 0.417. The molecule has 0 aliphatic carbocycles. The average molecular weight is 268 g/mol. The first-order valence-electron chi connectivity index (χ1n) is 5.74. The van der Waals surface area contributed by atoms with E-state index in [1.165, 1.54) is 23.1 Å². The van der Waals surface area contributed by atoms with Crippen LogP contribution in [0.1, 0.15) is 12.5 Å². The molecule has 0 spiro atoms. The largest absolute Gasteiger partial charge is 0.483 e. The number of amides is 1. The summed E-state index contributed by atoms with van der Waals surface area (Å²) in [4.78, 5) is 23.1. The quantitative estimate of drug-likeness (QED) is 0.612. The molecule has 1 aromatic rings. The average Bonchev–Trinajstić information content (AvgIpc) is 2.43. The van der Waals surface area contributed by atoms with Crippen molar-refractivity contribution >= 4 is 11.6 Å². The second-order valence-electron chi connectivity index (χ2n) is 3.90. The van der Waals surface area contributed by atoms with Gasteiger partial charge in [0.05, 0.1) is 11.5 Å². The van der Waals surface area contributed by atoms with Crippen LogP contribution in [0.3, 0.4) is 0 Å². The molecule has 19 heavy (non-hydrogen) atoms. The predicted octanol–water partition coefficient (Wildman–Crippen LogP) is 0.944. The second-order valence-corrected chi connectivity index (χ2v) is 3.90. The van der Waals surface area contributed by atoms with Gasteiger partial charge in [-0.05, 0) is 13.0 Å². The molecule has 1 amide bonds. The van der Waals surface area contributed by atoms with Gasteiger partial charge in [-0.1, -0.05) is 0 Å². The third kappa shape index (κ3) is 3.92. The van der Waals surface area contributed by atoms with E-state index in [9.17, 15) is 14.9 Å². The fourth-order valence-corrected chi connectivity index (χ4v) is 1.37. The van der Waals surface area contributed by atoms with E-state index in [-0.39, 0.29) is 29.5 Å². The fourth-order valence-electron chi connectivity index (χ4n) is 1.37. The summed E-state index contributed by atoms with van der Waals surface area (Å²) in [5, 5.41) is 19.7. The zero-order chi connectivity index (χ0) is 14.4. The molecule has 0 saturated heterocycles. The van der Waals surface area contributed by atoms with E-state index in [2.05, 4.69) is 0 Å². The molecule has 0 unspecified atom stereocenters. The van der Waals surface area contributed by atoms with E-state index >= 15 is 0 Å². The van der Waals surface area contributed by atoms with Crippen molar-refractivity contribution in [2.75, 3.05) is 20.2 Å². The number of hydrogen-bond donors (Lipinski definition) is 1. The summed E-state index contributed by atoms with van der Waals surface area (Å²) in [5.74, 6) is 0.0655. The number of rotatable bonds is 6. The van der Waals surface area contributed by atoms with Crippen LogP contribution in [0.2, 0.25) is 0 Å². The molecule has 0 aliphatic heterocycles. The molecule has 7 nitrogen and oxygen atoms in total. The Morgan fingerprint density at radius 2 is 2.21 bits per heavy atom. The van der Waals surface area contributed by atoms with Crippen molar-refractivity contribution in [1.29, 1.82) is 0 Å². The zero-order valence-corrected chi connectivity index (χ0v) is 10.8. The highest BCUT2D eigenvalue weighted by Gasteiger charge is 2.13. The molecule has 1 rings (SSSR count). The van der Waals surface area contributed by atoms with Gasteiger partial charge in [-0.15, -0.1) is 0 Å². The van der Waals surface area contributed by atoms with E-state index in [1.54, 1.807) is 7.05 Å². The maximum atomic E-state index is 11.6. The third-order valence-corrected chi connectivity index (χ3v) is 2.68. The Bertz CT molecular complexity index is 475. The summed E-state index contributed by atoms with van der Waals surface area (Å²) in [5.41, 5.74) is 0.148. The van der Waals surface area contributed by atoms with Crippen LogP contribution in [0.15, 0.2) is 18.2 Å². The third-order valence-electron chi connectivity index (χ3n) is 2.68. The predicted molar refractivity (Wildman–Crippen MR) is 67.8 cm³/mol.